The zero-order valence-electron chi connectivity index (χ0n) is 18.2. The van der Waals surface area contributed by atoms with Crippen molar-refractivity contribution >= 4 is 33.2 Å². The molecule has 0 saturated heterocycles. The van der Waals surface area contributed by atoms with Crippen LogP contribution in [0.25, 0.3) is 0 Å². The molecule has 0 saturated carbocycles. The SMILES string of the molecule is COCC(=O)Nc1ccc(NC(=O)CCNS(=O)(=O)c2ccc(C(C)(C)C)cc2)cc1. The molecule has 0 atom stereocenters. The third-order valence-electron chi connectivity index (χ3n) is 4.40. The van der Waals surface area contributed by atoms with Crippen molar-refractivity contribution in [1.82, 2.24) is 4.72 Å². The maximum absolute atomic E-state index is 12.4. The van der Waals surface area contributed by atoms with Crippen LogP contribution in [0.15, 0.2) is 53.4 Å². The predicted octanol–water partition coefficient (Wildman–Crippen LogP) is 2.88. The number of methoxy groups -OCH3 is 1. The zero-order valence-corrected chi connectivity index (χ0v) is 19.0. The minimum atomic E-state index is -3.69. The Kier molecular flexibility index (Phi) is 8.32. The summed E-state index contributed by atoms with van der Waals surface area (Å²) >= 11 is 0. The van der Waals surface area contributed by atoms with E-state index < -0.39 is 10.0 Å². The summed E-state index contributed by atoms with van der Waals surface area (Å²) in [5, 5.41) is 5.33. The molecule has 2 rings (SSSR count). The Morgan fingerprint density at radius 3 is 1.87 bits per heavy atom. The van der Waals surface area contributed by atoms with Gasteiger partial charge in [0.05, 0.1) is 4.90 Å². The molecule has 8 nitrogen and oxygen atoms in total. The van der Waals surface area contributed by atoms with Crippen molar-refractivity contribution in [2.24, 2.45) is 0 Å². The van der Waals surface area contributed by atoms with E-state index in [1.807, 2.05) is 0 Å². The number of anilines is 2. The third-order valence-corrected chi connectivity index (χ3v) is 5.88. The van der Waals surface area contributed by atoms with Crippen molar-refractivity contribution in [3.63, 3.8) is 0 Å². The second-order valence-electron chi connectivity index (χ2n) is 8.03. The summed E-state index contributed by atoms with van der Waals surface area (Å²) in [6.45, 7) is 6.09. The molecule has 0 fully saturated rings. The molecule has 2 aromatic rings. The van der Waals surface area contributed by atoms with Gasteiger partial charge in [-0.05, 0) is 47.4 Å². The van der Waals surface area contributed by atoms with E-state index in [-0.39, 0.29) is 41.7 Å². The van der Waals surface area contributed by atoms with E-state index in [0.29, 0.717) is 11.4 Å². The van der Waals surface area contributed by atoms with E-state index in [9.17, 15) is 18.0 Å². The van der Waals surface area contributed by atoms with Crippen LogP contribution in [0.4, 0.5) is 11.4 Å². The maximum atomic E-state index is 12.4. The van der Waals surface area contributed by atoms with Gasteiger partial charge in [-0.15, -0.1) is 0 Å². The van der Waals surface area contributed by atoms with Crippen molar-refractivity contribution in [3.8, 4) is 0 Å². The molecule has 0 unspecified atom stereocenters. The number of nitrogens with one attached hydrogen (secondary N) is 3. The van der Waals surface area contributed by atoms with Gasteiger partial charge < -0.3 is 15.4 Å². The van der Waals surface area contributed by atoms with Crippen LogP contribution in [0.1, 0.15) is 32.8 Å². The van der Waals surface area contributed by atoms with E-state index in [1.54, 1.807) is 48.5 Å². The monoisotopic (exact) mass is 447 g/mol. The zero-order chi connectivity index (χ0) is 23.1. The van der Waals surface area contributed by atoms with Crippen LogP contribution in [-0.2, 0) is 29.8 Å². The van der Waals surface area contributed by atoms with Crippen LogP contribution in [0.3, 0.4) is 0 Å². The fourth-order valence-corrected chi connectivity index (χ4v) is 3.74. The number of carbonyl (C=O) groups excluding carboxylic acids is 2. The summed E-state index contributed by atoms with van der Waals surface area (Å²) in [5.41, 5.74) is 2.08. The average molecular weight is 448 g/mol. The lowest BCUT2D eigenvalue weighted by molar-refractivity contribution is -0.119. The summed E-state index contributed by atoms with van der Waals surface area (Å²) in [4.78, 5) is 23.7. The van der Waals surface area contributed by atoms with Gasteiger partial charge in [0, 0.05) is 31.5 Å². The Hall–Kier alpha value is -2.75. The highest BCUT2D eigenvalue weighted by Crippen LogP contribution is 2.23. The van der Waals surface area contributed by atoms with Crippen LogP contribution in [0.5, 0.6) is 0 Å². The second-order valence-corrected chi connectivity index (χ2v) is 9.80. The van der Waals surface area contributed by atoms with Gasteiger partial charge in [0.1, 0.15) is 6.61 Å². The lowest BCUT2D eigenvalue weighted by Crippen LogP contribution is -2.28. The third kappa shape index (κ3) is 7.78. The van der Waals surface area contributed by atoms with E-state index in [4.69, 9.17) is 4.74 Å². The Morgan fingerprint density at radius 2 is 1.39 bits per heavy atom. The van der Waals surface area contributed by atoms with Crippen LogP contribution >= 0.6 is 0 Å². The maximum Gasteiger partial charge on any atom is 0.250 e. The highest BCUT2D eigenvalue weighted by molar-refractivity contribution is 7.89. The smallest absolute Gasteiger partial charge is 0.250 e. The van der Waals surface area contributed by atoms with Gasteiger partial charge in [0.15, 0.2) is 0 Å². The van der Waals surface area contributed by atoms with Crippen LogP contribution in [0.2, 0.25) is 0 Å². The topological polar surface area (TPSA) is 114 Å². The lowest BCUT2D eigenvalue weighted by Gasteiger charge is -2.19. The van der Waals surface area contributed by atoms with Gasteiger partial charge in [-0.3, -0.25) is 9.59 Å². The molecule has 0 aliphatic carbocycles. The first kappa shape index (κ1) is 24.5. The minimum absolute atomic E-state index is 0.0222. The van der Waals surface area contributed by atoms with Crippen LogP contribution < -0.4 is 15.4 Å². The van der Waals surface area contributed by atoms with Crippen molar-refractivity contribution in [2.45, 2.75) is 37.5 Å². The Morgan fingerprint density at radius 1 is 0.871 bits per heavy atom. The fraction of sp³-hybridized carbons (Fsp3) is 0.364. The Balaban J connectivity index is 1.84. The number of sulfonamides is 1. The molecule has 0 spiro atoms. The van der Waals surface area contributed by atoms with Crippen molar-refractivity contribution < 1.29 is 22.7 Å². The first-order chi connectivity index (χ1) is 14.5. The van der Waals surface area contributed by atoms with Crippen molar-refractivity contribution in [1.29, 1.82) is 0 Å². The second kappa shape index (κ2) is 10.5. The van der Waals surface area contributed by atoms with Crippen molar-refractivity contribution in [3.05, 3.63) is 54.1 Å². The molecule has 0 aliphatic rings. The number of rotatable bonds is 9. The van der Waals surface area contributed by atoms with Gasteiger partial charge in [0.2, 0.25) is 21.8 Å². The van der Waals surface area contributed by atoms with E-state index in [2.05, 4.69) is 36.1 Å². The summed E-state index contributed by atoms with van der Waals surface area (Å²) in [5.74, 6) is -0.610. The highest BCUT2D eigenvalue weighted by Gasteiger charge is 2.17. The normalized spacial score (nSPS) is 11.7. The largest absolute Gasteiger partial charge is 0.375 e. The number of carbonyl (C=O) groups is 2. The number of benzene rings is 2. The van der Waals surface area contributed by atoms with Crippen molar-refractivity contribution in [2.75, 3.05) is 30.9 Å². The molecule has 2 amide bonds. The van der Waals surface area contributed by atoms with E-state index in [1.165, 1.54) is 7.11 Å². The van der Waals surface area contributed by atoms with Gasteiger partial charge in [-0.25, -0.2) is 13.1 Å². The average Bonchev–Trinajstić information content (AvgIpc) is 2.69. The molecule has 9 heteroatoms. The number of ether oxygens (including phenoxy) is 1. The van der Waals surface area contributed by atoms with E-state index in [0.717, 1.165) is 5.56 Å². The molecular weight excluding hydrogens is 418 g/mol. The molecule has 0 aromatic heterocycles. The molecule has 168 valence electrons. The first-order valence-corrected chi connectivity index (χ1v) is 11.3. The molecule has 31 heavy (non-hydrogen) atoms. The summed E-state index contributed by atoms with van der Waals surface area (Å²) in [7, 11) is -2.26. The van der Waals surface area contributed by atoms with Gasteiger partial charge in [-0.1, -0.05) is 32.9 Å². The quantitative estimate of drug-likeness (QED) is 0.547. The summed E-state index contributed by atoms with van der Waals surface area (Å²) in [6.07, 6.45) is -0.0222. The van der Waals surface area contributed by atoms with Gasteiger partial charge in [0.25, 0.3) is 0 Å². The molecule has 0 radical (unpaired) electrons. The number of amides is 2. The standard InChI is InChI=1S/C22H29N3O5S/c1-22(2,3)16-5-11-19(12-6-16)31(28,29)23-14-13-20(26)24-17-7-9-18(10-8-17)25-21(27)15-30-4/h5-12,23H,13-15H2,1-4H3,(H,24,26)(H,25,27). The van der Waals surface area contributed by atoms with Crippen LogP contribution in [0, 0.1) is 0 Å². The molecule has 0 bridgehead atoms. The molecule has 0 aliphatic heterocycles. The molecule has 2 aromatic carbocycles. The van der Waals surface area contributed by atoms with Crippen LogP contribution in [-0.4, -0.2) is 40.5 Å². The number of hydrogen-bond donors (Lipinski definition) is 3. The molecular formula is C22H29N3O5S. The molecule has 3 N–H and O–H groups in total. The number of hydrogen-bond acceptors (Lipinski definition) is 5. The Bertz CT molecular complexity index is 995. The summed E-state index contributed by atoms with van der Waals surface area (Å²) in [6, 6.07) is 13.3. The highest BCUT2D eigenvalue weighted by atomic mass is 32.2. The Labute approximate surface area is 183 Å². The van der Waals surface area contributed by atoms with Gasteiger partial charge >= 0.3 is 0 Å². The van der Waals surface area contributed by atoms with E-state index >= 15 is 0 Å². The minimum Gasteiger partial charge on any atom is -0.375 e. The fourth-order valence-electron chi connectivity index (χ4n) is 2.70. The summed E-state index contributed by atoms with van der Waals surface area (Å²) < 4.78 is 32.0. The first-order valence-electron chi connectivity index (χ1n) is 9.80. The molecule has 0 heterocycles. The predicted molar refractivity (Wildman–Crippen MR) is 121 cm³/mol. The van der Waals surface area contributed by atoms with Gasteiger partial charge in [-0.2, -0.15) is 0 Å². The lowest BCUT2D eigenvalue weighted by atomic mass is 9.87.